The van der Waals surface area contributed by atoms with Crippen LogP contribution >= 0.6 is 0 Å². The fraction of sp³-hybridized carbons (Fsp3) is 0.667. The second kappa shape index (κ2) is 5.31. The molecule has 0 aliphatic heterocycles. The van der Waals surface area contributed by atoms with Gasteiger partial charge >= 0.3 is 0 Å². The molecule has 1 heterocycles. The highest BCUT2D eigenvalue weighted by atomic mass is 16.1. The Morgan fingerprint density at radius 2 is 2.24 bits per heavy atom. The molecule has 1 rings (SSSR count). The predicted octanol–water partition coefficient (Wildman–Crippen LogP) is 0.800. The second-order valence-corrected chi connectivity index (χ2v) is 5.43. The summed E-state index contributed by atoms with van der Waals surface area (Å²) in [6.45, 7) is 6.55. The van der Waals surface area contributed by atoms with E-state index in [1.54, 1.807) is 4.68 Å². The first-order valence-corrected chi connectivity index (χ1v) is 5.80. The highest BCUT2D eigenvalue weighted by Crippen LogP contribution is 2.19. The van der Waals surface area contributed by atoms with Gasteiger partial charge in [0.05, 0.1) is 12.2 Å². The van der Waals surface area contributed by atoms with E-state index in [0.29, 0.717) is 13.0 Å². The molecule has 1 atom stereocenters. The SMILES string of the molecule is Cn1ccc(CNC(=O)CC(N)C(C)(C)C)n1. The Labute approximate surface area is 102 Å². The number of rotatable bonds is 4. The van der Waals surface area contributed by atoms with Crippen LogP contribution in [-0.4, -0.2) is 21.7 Å². The van der Waals surface area contributed by atoms with Gasteiger partial charge in [-0.25, -0.2) is 0 Å². The molecule has 0 aromatic carbocycles. The molecule has 5 heteroatoms. The molecule has 96 valence electrons. The van der Waals surface area contributed by atoms with Crippen LogP contribution < -0.4 is 11.1 Å². The van der Waals surface area contributed by atoms with Crippen LogP contribution in [0.25, 0.3) is 0 Å². The molecule has 3 N–H and O–H groups in total. The number of nitrogens with two attached hydrogens (primary N) is 1. The summed E-state index contributed by atoms with van der Waals surface area (Å²) in [7, 11) is 1.85. The van der Waals surface area contributed by atoms with Gasteiger partial charge < -0.3 is 11.1 Å². The summed E-state index contributed by atoms with van der Waals surface area (Å²) < 4.78 is 1.71. The van der Waals surface area contributed by atoms with Crippen LogP contribution in [0.3, 0.4) is 0 Å². The zero-order valence-corrected chi connectivity index (χ0v) is 11.0. The Hall–Kier alpha value is -1.36. The number of aromatic nitrogens is 2. The van der Waals surface area contributed by atoms with Crippen molar-refractivity contribution in [3.05, 3.63) is 18.0 Å². The van der Waals surface area contributed by atoms with Crippen LogP contribution in [0, 0.1) is 5.41 Å². The lowest BCUT2D eigenvalue weighted by Crippen LogP contribution is -2.40. The molecule has 1 unspecified atom stereocenters. The fourth-order valence-electron chi connectivity index (χ4n) is 1.32. The van der Waals surface area contributed by atoms with E-state index in [-0.39, 0.29) is 17.4 Å². The van der Waals surface area contributed by atoms with Gasteiger partial charge in [-0.3, -0.25) is 9.48 Å². The molecule has 1 aromatic rings. The molecule has 5 nitrogen and oxygen atoms in total. The van der Waals surface area contributed by atoms with E-state index in [4.69, 9.17) is 5.73 Å². The third kappa shape index (κ3) is 4.56. The van der Waals surface area contributed by atoms with E-state index in [0.717, 1.165) is 5.69 Å². The number of nitrogens with zero attached hydrogens (tertiary/aromatic N) is 2. The average Bonchev–Trinajstić information content (AvgIpc) is 2.60. The van der Waals surface area contributed by atoms with Crippen molar-refractivity contribution in [2.24, 2.45) is 18.2 Å². The number of nitrogens with one attached hydrogen (secondary N) is 1. The van der Waals surface area contributed by atoms with E-state index in [1.807, 2.05) is 40.1 Å². The molecule has 1 aromatic heterocycles. The van der Waals surface area contributed by atoms with Crippen molar-refractivity contribution in [3.8, 4) is 0 Å². The molecule has 0 spiro atoms. The minimum Gasteiger partial charge on any atom is -0.350 e. The van der Waals surface area contributed by atoms with E-state index < -0.39 is 0 Å². The second-order valence-electron chi connectivity index (χ2n) is 5.43. The highest BCUT2D eigenvalue weighted by molar-refractivity contribution is 5.76. The van der Waals surface area contributed by atoms with Gasteiger partial charge in [-0.2, -0.15) is 5.10 Å². The van der Waals surface area contributed by atoms with E-state index in [1.165, 1.54) is 0 Å². The molecule has 0 saturated heterocycles. The highest BCUT2D eigenvalue weighted by Gasteiger charge is 2.22. The largest absolute Gasteiger partial charge is 0.350 e. The van der Waals surface area contributed by atoms with Gasteiger partial charge in [0.15, 0.2) is 0 Å². The standard InChI is InChI=1S/C12H22N4O/c1-12(2,3)10(13)7-11(17)14-8-9-5-6-16(4)15-9/h5-6,10H,7-8,13H2,1-4H3,(H,14,17). The summed E-state index contributed by atoms with van der Waals surface area (Å²) in [4.78, 5) is 11.7. The van der Waals surface area contributed by atoms with Crippen LogP contribution in [-0.2, 0) is 18.4 Å². The Bertz CT molecular complexity index is 378. The van der Waals surface area contributed by atoms with Gasteiger partial charge in [0.2, 0.25) is 5.91 Å². The minimum absolute atomic E-state index is 0.0296. The molecular weight excluding hydrogens is 216 g/mol. The molecule has 0 aliphatic carbocycles. The fourth-order valence-corrected chi connectivity index (χ4v) is 1.32. The molecule has 0 radical (unpaired) electrons. The van der Waals surface area contributed by atoms with Crippen LogP contribution in [0.2, 0.25) is 0 Å². The molecule has 0 aliphatic rings. The maximum atomic E-state index is 11.7. The lowest BCUT2D eigenvalue weighted by molar-refractivity contribution is -0.122. The lowest BCUT2D eigenvalue weighted by Gasteiger charge is -2.26. The quantitative estimate of drug-likeness (QED) is 0.815. The van der Waals surface area contributed by atoms with Crippen LogP contribution in [0.4, 0.5) is 0 Å². The number of hydrogen-bond acceptors (Lipinski definition) is 3. The van der Waals surface area contributed by atoms with Gasteiger partial charge in [0, 0.05) is 25.7 Å². The third-order valence-corrected chi connectivity index (χ3v) is 2.75. The summed E-state index contributed by atoms with van der Waals surface area (Å²) >= 11 is 0. The summed E-state index contributed by atoms with van der Waals surface area (Å²) in [5.74, 6) is -0.0296. The first-order valence-electron chi connectivity index (χ1n) is 5.80. The number of hydrogen-bond donors (Lipinski definition) is 2. The minimum atomic E-state index is -0.133. The molecule has 1 amide bonds. The van der Waals surface area contributed by atoms with Gasteiger partial charge in [0.25, 0.3) is 0 Å². The van der Waals surface area contributed by atoms with Gasteiger partial charge in [0.1, 0.15) is 0 Å². The molecular formula is C12H22N4O. The van der Waals surface area contributed by atoms with Crippen molar-refractivity contribution in [3.63, 3.8) is 0 Å². The Kier molecular flexibility index (Phi) is 4.28. The van der Waals surface area contributed by atoms with Gasteiger partial charge in [-0.05, 0) is 11.5 Å². The molecule has 17 heavy (non-hydrogen) atoms. The van der Waals surface area contributed by atoms with Gasteiger partial charge in [-0.15, -0.1) is 0 Å². The Morgan fingerprint density at radius 3 is 2.71 bits per heavy atom. The third-order valence-electron chi connectivity index (χ3n) is 2.75. The molecule has 0 bridgehead atoms. The van der Waals surface area contributed by atoms with Crippen molar-refractivity contribution in [2.45, 2.75) is 39.8 Å². The van der Waals surface area contributed by atoms with Crippen LogP contribution in [0.5, 0.6) is 0 Å². The zero-order chi connectivity index (χ0) is 13.1. The maximum Gasteiger partial charge on any atom is 0.221 e. The number of amides is 1. The number of carbonyl (C=O) groups excluding carboxylic acids is 1. The van der Waals surface area contributed by atoms with Crippen molar-refractivity contribution in [1.29, 1.82) is 0 Å². The zero-order valence-electron chi connectivity index (χ0n) is 11.0. The number of aryl methyl sites for hydroxylation is 1. The van der Waals surface area contributed by atoms with E-state index in [9.17, 15) is 4.79 Å². The molecule has 0 saturated carbocycles. The van der Waals surface area contributed by atoms with Crippen molar-refractivity contribution in [1.82, 2.24) is 15.1 Å². The average molecular weight is 238 g/mol. The Balaban J connectivity index is 2.36. The van der Waals surface area contributed by atoms with Crippen molar-refractivity contribution < 1.29 is 4.79 Å². The molecule has 0 fully saturated rings. The van der Waals surface area contributed by atoms with Crippen molar-refractivity contribution >= 4 is 5.91 Å². The van der Waals surface area contributed by atoms with Gasteiger partial charge in [-0.1, -0.05) is 20.8 Å². The van der Waals surface area contributed by atoms with Crippen LogP contribution in [0.15, 0.2) is 12.3 Å². The maximum absolute atomic E-state index is 11.7. The lowest BCUT2D eigenvalue weighted by atomic mass is 9.85. The first kappa shape index (κ1) is 13.7. The smallest absolute Gasteiger partial charge is 0.221 e. The summed E-state index contributed by atoms with van der Waals surface area (Å²) in [6, 6.07) is 1.75. The monoisotopic (exact) mass is 238 g/mol. The topological polar surface area (TPSA) is 72.9 Å². The summed E-state index contributed by atoms with van der Waals surface area (Å²) in [6.07, 6.45) is 2.19. The Morgan fingerprint density at radius 1 is 1.59 bits per heavy atom. The van der Waals surface area contributed by atoms with Crippen molar-refractivity contribution in [2.75, 3.05) is 0 Å². The van der Waals surface area contributed by atoms with Crippen LogP contribution in [0.1, 0.15) is 32.9 Å². The number of carbonyl (C=O) groups is 1. The normalized spacial score (nSPS) is 13.5. The first-order chi connectivity index (χ1) is 7.79. The van der Waals surface area contributed by atoms with E-state index >= 15 is 0 Å². The summed E-state index contributed by atoms with van der Waals surface area (Å²) in [5, 5.41) is 7.00. The van der Waals surface area contributed by atoms with E-state index in [2.05, 4.69) is 10.4 Å². The summed E-state index contributed by atoms with van der Waals surface area (Å²) in [5.41, 5.74) is 6.74. The predicted molar refractivity (Wildman–Crippen MR) is 67.1 cm³/mol.